The van der Waals surface area contributed by atoms with Crippen molar-refractivity contribution in [1.82, 2.24) is 0 Å². The summed E-state index contributed by atoms with van der Waals surface area (Å²) >= 11 is 2.50. The van der Waals surface area contributed by atoms with E-state index in [4.69, 9.17) is 0 Å². The van der Waals surface area contributed by atoms with Gasteiger partial charge in [-0.1, -0.05) is 83.9 Å². The van der Waals surface area contributed by atoms with E-state index in [0.717, 1.165) is 5.56 Å². The average Bonchev–Trinajstić information content (AvgIpc) is 2.46. The van der Waals surface area contributed by atoms with Gasteiger partial charge in [0.1, 0.15) is 0 Å². The fourth-order valence-electron chi connectivity index (χ4n) is 1.92. The standard InChI is InChI=1S/C17H17ISi/c1-19(2,14-18)17-11-7-6-10-16(17)13-12-15-8-4-3-5-9-15/h3-11H,14H2,1-2H3. The van der Waals surface area contributed by atoms with Gasteiger partial charge in [0.15, 0.2) is 0 Å². The summed E-state index contributed by atoms with van der Waals surface area (Å²) in [5.41, 5.74) is 2.27. The van der Waals surface area contributed by atoms with Gasteiger partial charge in [0.25, 0.3) is 0 Å². The molecule has 96 valence electrons. The molecule has 0 saturated heterocycles. The average molecular weight is 376 g/mol. The van der Waals surface area contributed by atoms with Crippen molar-refractivity contribution in [3.8, 4) is 11.8 Å². The van der Waals surface area contributed by atoms with Crippen LogP contribution in [0, 0.1) is 11.8 Å². The van der Waals surface area contributed by atoms with Crippen molar-refractivity contribution in [1.29, 1.82) is 0 Å². The molecule has 0 spiro atoms. The molecule has 0 heterocycles. The third-order valence-electron chi connectivity index (χ3n) is 3.11. The van der Waals surface area contributed by atoms with E-state index in [1.54, 1.807) is 0 Å². The van der Waals surface area contributed by atoms with E-state index in [-0.39, 0.29) is 0 Å². The molecule has 0 nitrogen and oxygen atoms in total. The van der Waals surface area contributed by atoms with Gasteiger partial charge in [-0.2, -0.15) is 0 Å². The maximum atomic E-state index is 3.35. The fraction of sp³-hybridized carbons (Fsp3) is 0.176. The van der Waals surface area contributed by atoms with Gasteiger partial charge in [-0.05, 0) is 27.4 Å². The lowest BCUT2D eigenvalue weighted by Crippen LogP contribution is -2.45. The predicted molar refractivity (Wildman–Crippen MR) is 94.9 cm³/mol. The Bertz CT molecular complexity index is 606. The highest BCUT2D eigenvalue weighted by Gasteiger charge is 2.23. The first-order chi connectivity index (χ1) is 9.13. The molecule has 0 aliphatic heterocycles. The molecule has 0 saturated carbocycles. The summed E-state index contributed by atoms with van der Waals surface area (Å²) in [6, 6.07) is 18.8. The molecule has 0 bridgehead atoms. The molecule has 0 aliphatic rings. The zero-order chi connectivity index (χ0) is 13.7. The summed E-state index contributed by atoms with van der Waals surface area (Å²) in [5, 5.41) is 1.47. The molecule has 2 rings (SSSR count). The SMILES string of the molecule is C[Si](C)(CI)c1ccccc1C#Cc1ccccc1. The van der Waals surface area contributed by atoms with Crippen LogP contribution in [0.3, 0.4) is 0 Å². The third kappa shape index (κ3) is 3.71. The highest BCUT2D eigenvalue weighted by molar-refractivity contribution is 14.1. The second-order valence-electron chi connectivity index (χ2n) is 5.18. The molecule has 0 N–H and O–H groups in total. The first-order valence-electron chi connectivity index (χ1n) is 6.36. The van der Waals surface area contributed by atoms with Crippen LogP contribution in [0.25, 0.3) is 0 Å². The molecule has 0 fully saturated rings. The topological polar surface area (TPSA) is 0 Å². The van der Waals surface area contributed by atoms with Crippen LogP contribution in [0.15, 0.2) is 54.6 Å². The molecule has 2 aromatic carbocycles. The maximum Gasteiger partial charge on any atom is 0.0919 e. The monoisotopic (exact) mass is 376 g/mol. The summed E-state index contributed by atoms with van der Waals surface area (Å²) < 4.78 is 1.22. The number of hydrogen-bond acceptors (Lipinski definition) is 0. The second-order valence-corrected chi connectivity index (χ2v) is 12.0. The van der Waals surface area contributed by atoms with E-state index in [9.17, 15) is 0 Å². The first kappa shape index (κ1) is 14.4. The number of rotatable bonds is 2. The highest BCUT2D eigenvalue weighted by atomic mass is 127. The Morgan fingerprint density at radius 2 is 1.53 bits per heavy atom. The smallest absolute Gasteiger partial charge is 0.0894 e. The Balaban J connectivity index is 2.40. The molecule has 0 aliphatic carbocycles. The number of alkyl halides is 1. The minimum atomic E-state index is -1.35. The Kier molecular flexibility index (Phi) is 4.84. The Morgan fingerprint density at radius 3 is 2.21 bits per heavy atom. The van der Waals surface area contributed by atoms with Gasteiger partial charge in [0, 0.05) is 11.1 Å². The van der Waals surface area contributed by atoms with E-state index in [2.05, 4.69) is 83.9 Å². The van der Waals surface area contributed by atoms with Crippen LogP contribution in [0.4, 0.5) is 0 Å². The minimum absolute atomic E-state index is 1.08. The van der Waals surface area contributed by atoms with Crippen LogP contribution in [0.1, 0.15) is 11.1 Å². The summed E-state index contributed by atoms with van der Waals surface area (Å²) in [6.07, 6.45) is 0. The van der Waals surface area contributed by atoms with E-state index in [0.29, 0.717) is 0 Å². The Hall–Kier alpha value is -1.05. The van der Waals surface area contributed by atoms with Crippen molar-refractivity contribution in [3.63, 3.8) is 0 Å². The van der Waals surface area contributed by atoms with Crippen LogP contribution in [0.2, 0.25) is 13.1 Å². The number of halogens is 1. The zero-order valence-corrected chi connectivity index (χ0v) is 14.4. The largest absolute Gasteiger partial charge is 0.0919 e. The lowest BCUT2D eigenvalue weighted by molar-refractivity contribution is 1.62. The zero-order valence-electron chi connectivity index (χ0n) is 11.3. The molecule has 0 unspecified atom stereocenters. The van der Waals surface area contributed by atoms with E-state index >= 15 is 0 Å². The van der Waals surface area contributed by atoms with Crippen LogP contribution in [-0.4, -0.2) is 12.1 Å². The van der Waals surface area contributed by atoms with Crippen molar-refractivity contribution in [2.45, 2.75) is 13.1 Å². The van der Waals surface area contributed by atoms with Crippen molar-refractivity contribution in [3.05, 3.63) is 65.7 Å². The van der Waals surface area contributed by atoms with Crippen molar-refractivity contribution in [2.75, 3.05) is 4.05 Å². The van der Waals surface area contributed by atoms with E-state index < -0.39 is 8.07 Å². The van der Waals surface area contributed by atoms with Gasteiger partial charge in [-0.15, -0.1) is 0 Å². The summed E-state index contributed by atoms with van der Waals surface area (Å²) in [6.45, 7) is 4.81. The molecule has 0 aromatic heterocycles. The molecule has 2 aromatic rings. The highest BCUT2D eigenvalue weighted by Crippen LogP contribution is 2.10. The van der Waals surface area contributed by atoms with Gasteiger partial charge >= 0.3 is 0 Å². The van der Waals surface area contributed by atoms with Crippen LogP contribution in [0.5, 0.6) is 0 Å². The Labute approximate surface area is 130 Å². The van der Waals surface area contributed by atoms with E-state index in [1.165, 1.54) is 14.8 Å². The van der Waals surface area contributed by atoms with Gasteiger partial charge < -0.3 is 0 Å². The lowest BCUT2D eigenvalue weighted by Gasteiger charge is -2.21. The summed E-state index contributed by atoms with van der Waals surface area (Å²) in [5.74, 6) is 6.62. The quantitative estimate of drug-likeness (QED) is 0.322. The molecule has 19 heavy (non-hydrogen) atoms. The van der Waals surface area contributed by atoms with Gasteiger partial charge in [-0.3, -0.25) is 0 Å². The lowest BCUT2D eigenvalue weighted by atomic mass is 10.2. The van der Waals surface area contributed by atoms with Crippen LogP contribution in [-0.2, 0) is 0 Å². The van der Waals surface area contributed by atoms with Crippen molar-refractivity contribution < 1.29 is 0 Å². The van der Waals surface area contributed by atoms with Crippen LogP contribution < -0.4 is 5.19 Å². The molecule has 0 atom stereocenters. The predicted octanol–water partition coefficient (Wildman–Crippen LogP) is 3.98. The molecular formula is C17H17ISi. The van der Waals surface area contributed by atoms with Gasteiger partial charge in [0.2, 0.25) is 0 Å². The third-order valence-corrected chi connectivity index (χ3v) is 11.4. The first-order valence-corrected chi connectivity index (χ1v) is 11.1. The maximum absolute atomic E-state index is 3.35. The van der Waals surface area contributed by atoms with Gasteiger partial charge in [0.05, 0.1) is 8.07 Å². The molecule has 2 heteroatoms. The van der Waals surface area contributed by atoms with Crippen molar-refractivity contribution in [2.24, 2.45) is 0 Å². The Morgan fingerprint density at radius 1 is 0.895 bits per heavy atom. The normalized spacial score (nSPS) is 10.7. The molecule has 0 radical (unpaired) electrons. The second kappa shape index (κ2) is 6.40. The summed E-state index contributed by atoms with van der Waals surface area (Å²) in [7, 11) is -1.35. The van der Waals surface area contributed by atoms with Crippen LogP contribution >= 0.6 is 22.6 Å². The number of hydrogen-bond donors (Lipinski definition) is 0. The van der Waals surface area contributed by atoms with Crippen molar-refractivity contribution >= 4 is 35.9 Å². The molecule has 0 amide bonds. The summed E-state index contributed by atoms with van der Waals surface area (Å²) in [4.78, 5) is 0. The molecular weight excluding hydrogens is 359 g/mol. The van der Waals surface area contributed by atoms with Gasteiger partial charge in [-0.25, -0.2) is 0 Å². The number of benzene rings is 2. The van der Waals surface area contributed by atoms with E-state index in [1.807, 2.05) is 18.2 Å². The minimum Gasteiger partial charge on any atom is -0.0894 e. The fourth-order valence-corrected chi connectivity index (χ4v) is 4.71.